The molecular weight excluding hydrogens is 328 g/mol. The van der Waals surface area contributed by atoms with E-state index < -0.39 is 0 Å². The maximum atomic E-state index is 10.6. The zero-order chi connectivity index (χ0) is 18.1. The zero-order valence-corrected chi connectivity index (χ0v) is 12.9. The van der Waals surface area contributed by atoms with Crippen LogP contribution in [0.1, 0.15) is 11.1 Å². The topological polar surface area (TPSA) is 118 Å². The van der Waals surface area contributed by atoms with Crippen LogP contribution in [0.15, 0.2) is 70.5 Å². The van der Waals surface area contributed by atoms with E-state index in [1.54, 1.807) is 36.4 Å². The van der Waals surface area contributed by atoms with E-state index in [1.165, 1.54) is 24.3 Å². The van der Waals surface area contributed by atoms with Gasteiger partial charge in [-0.05, 0) is 24.3 Å². The molecule has 2 N–H and O–H groups in total. The lowest BCUT2D eigenvalue weighted by Gasteiger charge is -2.09. The summed E-state index contributed by atoms with van der Waals surface area (Å²) in [6, 6.07) is 12.7. The van der Waals surface area contributed by atoms with Crippen LogP contribution in [0.5, 0.6) is 11.5 Å². The van der Waals surface area contributed by atoms with Gasteiger partial charge >= 0.3 is 0 Å². The lowest BCUT2D eigenvalue weighted by atomic mass is 10.1. The molecule has 0 radical (unpaired) electrons. The summed E-state index contributed by atoms with van der Waals surface area (Å²) in [5.41, 5.74) is 0.942. The molecule has 0 atom stereocenters. The minimum Gasteiger partial charge on any atom is -0.507 e. The van der Waals surface area contributed by atoms with Gasteiger partial charge in [0, 0.05) is 16.7 Å². The summed E-state index contributed by atoms with van der Waals surface area (Å²) in [5, 5.41) is 24.4. The predicted octanol–water partition coefficient (Wildman–Crippen LogP) is 3.92. The van der Waals surface area contributed by atoms with Crippen LogP contribution in [-0.2, 0) is 9.68 Å². The molecule has 0 amide bonds. The molecule has 0 spiro atoms. The zero-order valence-electron chi connectivity index (χ0n) is 12.9. The van der Waals surface area contributed by atoms with Crippen molar-refractivity contribution in [2.24, 2.45) is 10.7 Å². The van der Waals surface area contributed by atoms with Crippen LogP contribution >= 0.6 is 0 Å². The third-order valence-electron chi connectivity index (χ3n) is 3.21. The van der Waals surface area contributed by atoms with Gasteiger partial charge in [0.05, 0.1) is 0 Å². The van der Waals surface area contributed by atoms with Crippen molar-refractivity contribution < 1.29 is 19.9 Å². The molecule has 0 aliphatic carbocycles. The number of hydrogen-bond donors (Lipinski definition) is 2. The summed E-state index contributed by atoms with van der Waals surface area (Å²) in [6.45, 7) is -0.340. The van der Waals surface area contributed by atoms with Gasteiger partial charge < -0.3 is 19.9 Å². The molecule has 2 aromatic rings. The SMILES string of the molecule is O=NOCC(=Cc1ccccc1O)C(=Cc1ccccc1O)ON=O. The molecule has 0 saturated heterocycles. The highest BCUT2D eigenvalue weighted by atomic mass is 16.7. The van der Waals surface area contributed by atoms with Crippen molar-refractivity contribution in [2.75, 3.05) is 6.61 Å². The molecule has 0 saturated carbocycles. The van der Waals surface area contributed by atoms with E-state index in [1.807, 2.05) is 0 Å². The Hall–Kier alpha value is -3.68. The van der Waals surface area contributed by atoms with Crippen molar-refractivity contribution in [3.8, 4) is 11.5 Å². The van der Waals surface area contributed by atoms with Crippen molar-refractivity contribution >= 4 is 12.2 Å². The van der Waals surface area contributed by atoms with Gasteiger partial charge in [0.15, 0.2) is 16.4 Å². The maximum absolute atomic E-state index is 10.6. The molecule has 0 aromatic heterocycles. The quantitative estimate of drug-likeness (QED) is 0.325. The first-order valence-electron chi connectivity index (χ1n) is 7.08. The van der Waals surface area contributed by atoms with Crippen molar-refractivity contribution in [3.63, 3.8) is 0 Å². The number of benzene rings is 2. The van der Waals surface area contributed by atoms with Gasteiger partial charge in [-0.2, -0.15) is 0 Å². The first kappa shape index (κ1) is 17.7. The molecule has 0 bridgehead atoms. The number of hydrogen-bond acceptors (Lipinski definition) is 8. The van der Waals surface area contributed by atoms with Crippen LogP contribution in [0.2, 0.25) is 0 Å². The number of aromatic hydroxyl groups is 2. The summed E-state index contributed by atoms with van der Waals surface area (Å²) in [7, 11) is 0. The van der Waals surface area contributed by atoms with Crippen molar-refractivity contribution in [3.05, 3.63) is 80.8 Å². The van der Waals surface area contributed by atoms with Crippen LogP contribution in [0.4, 0.5) is 0 Å². The second-order valence-electron chi connectivity index (χ2n) is 4.81. The van der Waals surface area contributed by atoms with E-state index in [0.717, 1.165) is 0 Å². The summed E-state index contributed by atoms with van der Waals surface area (Å²) in [5.74, 6) is -0.158. The summed E-state index contributed by atoms with van der Waals surface area (Å²) < 4.78 is 0. The van der Waals surface area contributed by atoms with E-state index in [9.17, 15) is 20.0 Å². The molecular formula is C17H14N2O6. The van der Waals surface area contributed by atoms with E-state index in [-0.39, 0.29) is 29.4 Å². The van der Waals surface area contributed by atoms with Crippen LogP contribution in [0.25, 0.3) is 12.2 Å². The highest BCUT2D eigenvalue weighted by Crippen LogP contribution is 2.26. The molecule has 2 aromatic carbocycles. The average Bonchev–Trinajstić information content (AvgIpc) is 2.61. The van der Waals surface area contributed by atoms with E-state index in [2.05, 4.69) is 15.5 Å². The van der Waals surface area contributed by atoms with Gasteiger partial charge in [-0.3, -0.25) is 0 Å². The fourth-order valence-electron chi connectivity index (χ4n) is 2.05. The molecule has 2 rings (SSSR count). The van der Waals surface area contributed by atoms with E-state index in [0.29, 0.717) is 11.1 Å². The molecule has 0 fully saturated rings. The number of rotatable bonds is 8. The van der Waals surface area contributed by atoms with Gasteiger partial charge in [-0.15, -0.1) is 9.81 Å². The first-order valence-corrected chi connectivity index (χ1v) is 7.08. The highest BCUT2D eigenvalue weighted by molar-refractivity contribution is 5.68. The van der Waals surface area contributed by atoms with Gasteiger partial charge in [0.25, 0.3) is 0 Å². The lowest BCUT2D eigenvalue weighted by molar-refractivity contribution is 0.152. The summed E-state index contributed by atoms with van der Waals surface area (Å²) >= 11 is 0. The average molecular weight is 342 g/mol. The van der Waals surface area contributed by atoms with Crippen LogP contribution in [0, 0.1) is 9.81 Å². The van der Waals surface area contributed by atoms with Crippen molar-refractivity contribution in [2.45, 2.75) is 0 Å². The van der Waals surface area contributed by atoms with E-state index in [4.69, 9.17) is 4.84 Å². The smallest absolute Gasteiger partial charge is 0.168 e. The number of para-hydroxylation sites is 2. The van der Waals surface area contributed by atoms with Crippen LogP contribution in [0.3, 0.4) is 0 Å². The van der Waals surface area contributed by atoms with Gasteiger partial charge in [-0.1, -0.05) is 36.4 Å². The molecule has 0 unspecified atom stereocenters. The Kier molecular flexibility index (Phi) is 6.24. The van der Waals surface area contributed by atoms with Gasteiger partial charge in [-0.25, -0.2) is 0 Å². The third-order valence-corrected chi connectivity index (χ3v) is 3.21. The number of nitrogens with zero attached hydrogens (tertiary/aromatic N) is 2. The minimum atomic E-state index is -0.340. The molecule has 0 aliphatic rings. The normalized spacial score (nSPS) is 11.7. The minimum absolute atomic E-state index is 0.0277. The van der Waals surface area contributed by atoms with Gasteiger partial charge in [0.1, 0.15) is 18.1 Å². The number of phenolic OH excluding ortho intramolecular Hbond substituents is 2. The van der Waals surface area contributed by atoms with Crippen LogP contribution < -0.4 is 0 Å². The Bertz CT molecular complexity index is 816. The van der Waals surface area contributed by atoms with Crippen molar-refractivity contribution in [1.29, 1.82) is 0 Å². The summed E-state index contributed by atoms with van der Waals surface area (Å²) in [6.07, 6.45) is 2.79. The Morgan fingerprint density at radius 3 is 1.96 bits per heavy atom. The fourth-order valence-corrected chi connectivity index (χ4v) is 2.05. The maximum Gasteiger partial charge on any atom is 0.168 e. The highest BCUT2D eigenvalue weighted by Gasteiger charge is 2.13. The molecule has 8 nitrogen and oxygen atoms in total. The molecule has 128 valence electrons. The molecule has 0 heterocycles. The Labute approximate surface area is 142 Å². The van der Waals surface area contributed by atoms with E-state index >= 15 is 0 Å². The second kappa shape index (κ2) is 8.82. The number of phenols is 2. The predicted molar refractivity (Wildman–Crippen MR) is 90.8 cm³/mol. The molecule has 25 heavy (non-hydrogen) atoms. The lowest BCUT2D eigenvalue weighted by Crippen LogP contribution is -2.00. The largest absolute Gasteiger partial charge is 0.507 e. The fraction of sp³-hybridized carbons (Fsp3) is 0.0588. The standard InChI is InChI=1S/C17H14N2O6/c20-15-7-3-1-5-12(15)9-14(11-24-18-22)17(25-19-23)10-13-6-2-4-8-16(13)21/h1-10,20-21H,11H2. The van der Waals surface area contributed by atoms with Gasteiger partial charge in [0.2, 0.25) is 0 Å². The monoisotopic (exact) mass is 342 g/mol. The Morgan fingerprint density at radius 1 is 0.880 bits per heavy atom. The van der Waals surface area contributed by atoms with Crippen LogP contribution in [-0.4, -0.2) is 16.8 Å². The molecule has 0 aliphatic heterocycles. The van der Waals surface area contributed by atoms with Crippen molar-refractivity contribution in [1.82, 2.24) is 0 Å². The first-order chi connectivity index (χ1) is 12.2. The second-order valence-corrected chi connectivity index (χ2v) is 4.81. The molecule has 8 heteroatoms. The Morgan fingerprint density at radius 2 is 1.44 bits per heavy atom. The Balaban J connectivity index is 2.51. The summed E-state index contributed by atoms with van der Waals surface area (Å²) in [4.78, 5) is 30.1. The third kappa shape index (κ3) is 4.90.